The number of hydrogen-bond donors (Lipinski definition) is 1. The van der Waals surface area contributed by atoms with Crippen molar-refractivity contribution in [3.05, 3.63) is 83.5 Å². The first kappa shape index (κ1) is 19.7. The highest BCUT2D eigenvalue weighted by atomic mass is 16.7. The minimum Gasteiger partial charge on any atom is -0.503 e. The van der Waals surface area contributed by atoms with Gasteiger partial charge in [0.1, 0.15) is 5.75 Å². The van der Waals surface area contributed by atoms with E-state index in [0.717, 1.165) is 0 Å². The Bertz CT molecular complexity index is 1210. The van der Waals surface area contributed by atoms with Crippen LogP contribution in [0, 0.1) is 0 Å². The first-order chi connectivity index (χ1) is 15.6. The van der Waals surface area contributed by atoms with Crippen LogP contribution in [0.2, 0.25) is 0 Å². The molecule has 1 atom stereocenters. The standard InChI is InChI=1S/C24H19NO7/c1-2-29-16-8-5-14(6-9-16)21-20(22(26)18-4-3-11-30-18)23(27)24(28)25(21)15-7-10-17-19(12-15)32-13-31-17/h3-12,21,27H,2,13H2,1H3. The molecule has 2 aliphatic rings. The SMILES string of the molecule is CCOc1ccc(C2C(C(=O)c3ccco3)=C(O)C(=O)N2c2ccc3c(c2)OCO3)cc1. The van der Waals surface area contributed by atoms with Gasteiger partial charge in [-0.2, -0.15) is 0 Å². The van der Waals surface area contributed by atoms with E-state index in [0.29, 0.717) is 35.1 Å². The van der Waals surface area contributed by atoms with E-state index in [-0.39, 0.29) is 18.1 Å². The quantitative estimate of drug-likeness (QED) is 0.582. The Balaban J connectivity index is 1.62. The smallest absolute Gasteiger partial charge is 0.294 e. The Labute approximate surface area is 183 Å². The number of carbonyl (C=O) groups is 2. The fraction of sp³-hybridized carbons (Fsp3) is 0.167. The Morgan fingerprint density at radius 2 is 1.91 bits per heavy atom. The van der Waals surface area contributed by atoms with E-state index < -0.39 is 23.5 Å². The zero-order valence-electron chi connectivity index (χ0n) is 17.1. The highest BCUT2D eigenvalue weighted by molar-refractivity contribution is 6.20. The third-order valence-electron chi connectivity index (χ3n) is 5.34. The van der Waals surface area contributed by atoms with Crippen molar-refractivity contribution in [1.29, 1.82) is 0 Å². The molecular formula is C24H19NO7. The number of rotatable bonds is 6. The topological polar surface area (TPSA) is 98.4 Å². The highest BCUT2D eigenvalue weighted by Gasteiger charge is 2.45. The maximum Gasteiger partial charge on any atom is 0.294 e. The van der Waals surface area contributed by atoms with Crippen molar-refractivity contribution < 1.29 is 33.3 Å². The largest absolute Gasteiger partial charge is 0.503 e. The molecule has 0 spiro atoms. The molecule has 2 aliphatic heterocycles. The Kier molecular flexibility index (Phi) is 4.82. The van der Waals surface area contributed by atoms with Crippen LogP contribution in [-0.2, 0) is 4.79 Å². The predicted molar refractivity (Wildman–Crippen MR) is 113 cm³/mol. The van der Waals surface area contributed by atoms with E-state index in [4.69, 9.17) is 18.6 Å². The minimum absolute atomic E-state index is 0.0304. The number of ketones is 1. The monoisotopic (exact) mass is 433 g/mol. The fourth-order valence-corrected chi connectivity index (χ4v) is 3.91. The number of fused-ring (bicyclic) bond motifs is 1. The van der Waals surface area contributed by atoms with Gasteiger partial charge in [0.2, 0.25) is 12.6 Å². The van der Waals surface area contributed by atoms with Crippen LogP contribution < -0.4 is 19.1 Å². The van der Waals surface area contributed by atoms with Crippen molar-refractivity contribution in [3.8, 4) is 17.2 Å². The molecule has 3 heterocycles. The van der Waals surface area contributed by atoms with Gasteiger partial charge in [-0.1, -0.05) is 12.1 Å². The van der Waals surface area contributed by atoms with Crippen molar-refractivity contribution in [2.24, 2.45) is 0 Å². The zero-order valence-corrected chi connectivity index (χ0v) is 17.1. The Morgan fingerprint density at radius 1 is 1.12 bits per heavy atom. The van der Waals surface area contributed by atoms with Gasteiger partial charge in [0.05, 0.1) is 24.5 Å². The second-order valence-corrected chi connectivity index (χ2v) is 7.19. The average molecular weight is 433 g/mol. The number of aliphatic hydroxyl groups excluding tert-OH is 1. The number of furan rings is 1. The number of anilines is 1. The van der Waals surface area contributed by atoms with Crippen molar-refractivity contribution in [2.75, 3.05) is 18.3 Å². The van der Waals surface area contributed by atoms with Crippen LogP contribution in [0.15, 0.2) is 76.6 Å². The molecule has 162 valence electrons. The fourth-order valence-electron chi connectivity index (χ4n) is 3.91. The minimum atomic E-state index is -0.879. The lowest BCUT2D eigenvalue weighted by atomic mass is 9.94. The maximum atomic E-state index is 13.2. The summed E-state index contributed by atoms with van der Waals surface area (Å²) in [6.45, 7) is 2.47. The molecule has 1 unspecified atom stereocenters. The van der Waals surface area contributed by atoms with E-state index in [1.165, 1.54) is 17.2 Å². The lowest BCUT2D eigenvalue weighted by molar-refractivity contribution is -0.117. The summed E-state index contributed by atoms with van der Waals surface area (Å²) in [7, 11) is 0. The molecule has 0 fully saturated rings. The highest BCUT2D eigenvalue weighted by Crippen LogP contribution is 2.45. The second-order valence-electron chi connectivity index (χ2n) is 7.19. The molecule has 5 rings (SSSR count). The van der Waals surface area contributed by atoms with Gasteiger partial charge >= 0.3 is 0 Å². The molecule has 8 heteroatoms. The van der Waals surface area contributed by atoms with Crippen LogP contribution >= 0.6 is 0 Å². The maximum absolute atomic E-state index is 13.2. The summed E-state index contributed by atoms with van der Waals surface area (Å²) in [6, 6.07) is 14.2. The third kappa shape index (κ3) is 3.17. The number of hydrogen-bond acceptors (Lipinski definition) is 7. The summed E-state index contributed by atoms with van der Waals surface area (Å²) in [6.07, 6.45) is 1.36. The molecule has 3 aromatic rings. The third-order valence-corrected chi connectivity index (χ3v) is 5.34. The molecule has 8 nitrogen and oxygen atoms in total. The Morgan fingerprint density at radius 3 is 2.62 bits per heavy atom. The van der Waals surface area contributed by atoms with E-state index in [2.05, 4.69) is 0 Å². The van der Waals surface area contributed by atoms with Crippen LogP contribution in [0.5, 0.6) is 17.2 Å². The molecule has 1 amide bonds. The lowest BCUT2D eigenvalue weighted by Gasteiger charge is -2.27. The summed E-state index contributed by atoms with van der Waals surface area (Å²) in [5, 5.41) is 10.8. The number of nitrogens with zero attached hydrogens (tertiary/aromatic N) is 1. The lowest BCUT2D eigenvalue weighted by Crippen LogP contribution is -2.31. The first-order valence-corrected chi connectivity index (χ1v) is 10.1. The number of benzene rings is 2. The molecule has 2 aromatic carbocycles. The molecule has 0 saturated carbocycles. The van der Waals surface area contributed by atoms with Gasteiger partial charge in [0.25, 0.3) is 5.91 Å². The normalized spacial score (nSPS) is 17.2. The van der Waals surface area contributed by atoms with Crippen molar-refractivity contribution in [1.82, 2.24) is 0 Å². The van der Waals surface area contributed by atoms with Gasteiger partial charge < -0.3 is 23.7 Å². The van der Waals surface area contributed by atoms with E-state index >= 15 is 0 Å². The van der Waals surface area contributed by atoms with Gasteiger partial charge in [0.15, 0.2) is 23.0 Å². The number of aliphatic hydroxyl groups is 1. The van der Waals surface area contributed by atoms with E-state index in [9.17, 15) is 14.7 Å². The molecule has 1 aromatic heterocycles. The Hall–Kier alpha value is -4.20. The summed E-state index contributed by atoms with van der Waals surface area (Å²) in [4.78, 5) is 27.8. The molecule has 0 aliphatic carbocycles. The van der Waals surface area contributed by atoms with Crippen molar-refractivity contribution in [3.63, 3.8) is 0 Å². The van der Waals surface area contributed by atoms with Gasteiger partial charge in [0, 0.05) is 11.8 Å². The number of amides is 1. The van der Waals surface area contributed by atoms with Crippen LogP contribution in [-0.4, -0.2) is 30.2 Å². The molecule has 0 saturated heterocycles. The summed E-state index contributed by atoms with van der Waals surface area (Å²) in [5.74, 6) is -0.165. The van der Waals surface area contributed by atoms with Gasteiger partial charge in [-0.05, 0) is 48.9 Å². The number of ether oxygens (including phenoxy) is 3. The van der Waals surface area contributed by atoms with Crippen LogP contribution in [0.4, 0.5) is 5.69 Å². The molecular weight excluding hydrogens is 414 g/mol. The van der Waals surface area contributed by atoms with E-state index in [1.807, 2.05) is 6.92 Å². The van der Waals surface area contributed by atoms with E-state index in [1.54, 1.807) is 48.5 Å². The van der Waals surface area contributed by atoms with Crippen LogP contribution in [0.25, 0.3) is 0 Å². The molecule has 1 N–H and O–H groups in total. The van der Waals surface area contributed by atoms with Crippen LogP contribution in [0.3, 0.4) is 0 Å². The molecule has 0 radical (unpaired) electrons. The average Bonchev–Trinajstić information content (AvgIpc) is 3.54. The molecule has 0 bridgehead atoms. The summed E-state index contributed by atoms with van der Waals surface area (Å²) >= 11 is 0. The van der Waals surface area contributed by atoms with Crippen molar-refractivity contribution >= 4 is 17.4 Å². The number of carbonyl (C=O) groups excluding carboxylic acids is 2. The predicted octanol–water partition coefficient (Wildman–Crippen LogP) is 4.19. The van der Waals surface area contributed by atoms with Gasteiger partial charge in [-0.25, -0.2) is 0 Å². The number of Topliss-reactive ketones (excluding diaryl/α,β-unsaturated/α-hetero) is 1. The molecule has 32 heavy (non-hydrogen) atoms. The second kappa shape index (κ2) is 7.81. The van der Waals surface area contributed by atoms with Gasteiger partial charge in [-0.15, -0.1) is 0 Å². The van der Waals surface area contributed by atoms with Crippen molar-refractivity contribution in [2.45, 2.75) is 13.0 Å². The van der Waals surface area contributed by atoms with Gasteiger partial charge in [-0.3, -0.25) is 14.5 Å². The summed E-state index contributed by atoms with van der Waals surface area (Å²) < 4.78 is 21.6. The zero-order chi connectivity index (χ0) is 22.2. The van der Waals surface area contributed by atoms with Crippen LogP contribution in [0.1, 0.15) is 29.1 Å². The first-order valence-electron chi connectivity index (χ1n) is 10.1. The summed E-state index contributed by atoms with van der Waals surface area (Å²) in [5.41, 5.74) is 1.01.